The Morgan fingerprint density at radius 2 is 1.80 bits per heavy atom. The number of nitrogens with zero attached hydrogens (tertiary/aromatic N) is 2. The predicted molar refractivity (Wildman–Crippen MR) is 81.7 cm³/mol. The van der Waals surface area contributed by atoms with Gasteiger partial charge in [-0.2, -0.15) is 0 Å². The molecule has 2 N–H and O–H groups in total. The van der Waals surface area contributed by atoms with Crippen LogP contribution in [0.15, 0.2) is 58.6 Å². The van der Waals surface area contributed by atoms with Crippen molar-refractivity contribution in [3.63, 3.8) is 0 Å². The van der Waals surface area contributed by atoms with Gasteiger partial charge in [-0.3, -0.25) is 9.98 Å². The third-order valence-corrected chi connectivity index (χ3v) is 2.95. The minimum absolute atomic E-state index is 0.0536. The predicted octanol–water partition coefficient (Wildman–Crippen LogP) is 1.99. The zero-order valence-corrected chi connectivity index (χ0v) is 11.1. The normalized spacial score (nSPS) is 22.1. The summed E-state index contributed by atoms with van der Waals surface area (Å²) in [7, 11) is 0. The van der Waals surface area contributed by atoms with Gasteiger partial charge in [-0.25, -0.2) is 0 Å². The van der Waals surface area contributed by atoms with Gasteiger partial charge in [0.05, 0.1) is 19.2 Å². The summed E-state index contributed by atoms with van der Waals surface area (Å²) >= 11 is 0. The van der Waals surface area contributed by atoms with E-state index in [1.807, 2.05) is 24.3 Å². The molecule has 0 heterocycles. The van der Waals surface area contributed by atoms with Crippen molar-refractivity contribution in [3.8, 4) is 5.75 Å². The van der Waals surface area contributed by atoms with Crippen LogP contribution in [0.4, 0.5) is 0 Å². The minimum Gasteiger partial charge on any atom is -0.507 e. The Kier molecular flexibility index (Phi) is 5.26. The number of benzene rings is 1. The lowest BCUT2D eigenvalue weighted by Crippen LogP contribution is -2.19. The summed E-state index contributed by atoms with van der Waals surface area (Å²) in [6, 6.07) is 7.05. The molecule has 4 heteroatoms. The van der Waals surface area contributed by atoms with E-state index in [1.165, 1.54) is 0 Å². The zero-order chi connectivity index (χ0) is 14.2. The lowest BCUT2D eigenvalue weighted by molar-refractivity contribution is 0.204. The Hall–Kier alpha value is -2.20. The Morgan fingerprint density at radius 3 is 2.60 bits per heavy atom. The van der Waals surface area contributed by atoms with Crippen LogP contribution in [0, 0.1) is 5.92 Å². The molecule has 0 aliphatic heterocycles. The van der Waals surface area contributed by atoms with Gasteiger partial charge in [-0.05, 0) is 12.1 Å². The number of aliphatic hydroxyl groups excluding tert-OH is 1. The Bertz CT molecular complexity index is 547. The van der Waals surface area contributed by atoms with Crippen molar-refractivity contribution in [1.29, 1.82) is 0 Å². The van der Waals surface area contributed by atoms with Crippen LogP contribution >= 0.6 is 0 Å². The van der Waals surface area contributed by atoms with E-state index < -0.39 is 6.10 Å². The number of phenolic OH excluding ortho intramolecular Hbond substituents is 1. The maximum absolute atomic E-state index is 9.66. The van der Waals surface area contributed by atoms with Crippen LogP contribution < -0.4 is 0 Å². The fraction of sp³-hybridized carbons (Fsp3) is 0.250. The lowest BCUT2D eigenvalue weighted by Gasteiger charge is -2.14. The van der Waals surface area contributed by atoms with Gasteiger partial charge in [-0.1, -0.05) is 36.4 Å². The molecule has 4 nitrogen and oxygen atoms in total. The fourth-order valence-corrected chi connectivity index (χ4v) is 1.82. The number of aliphatic hydroxyl groups is 1. The van der Waals surface area contributed by atoms with Gasteiger partial charge in [0.1, 0.15) is 5.75 Å². The number of allylic oxidation sites excluding steroid dienone is 2. The first-order chi connectivity index (χ1) is 9.77. The Balaban J connectivity index is 1.75. The molecule has 2 atom stereocenters. The molecule has 20 heavy (non-hydrogen) atoms. The van der Waals surface area contributed by atoms with Gasteiger partial charge in [0.25, 0.3) is 0 Å². The Labute approximate surface area is 118 Å². The largest absolute Gasteiger partial charge is 0.507 e. The van der Waals surface area contributed by atoms with E-state index in [2.05, 4.69) is 9.98 Å². The van der Waals surface area contributed by atoms with Gasteiger partial charge in [0.2, 0.25) is 0 Å². The summed E-state index contributed by atoms with van der Waals surface area (Å²) in [5, 5.41) is 19.2. The number of para-hydroxylation sites is 1. The summed E-state index contributed by atoms with van der Waals surface area (Å²) < 4.78 is 0. The molecule has 1 aliphatic rings. The molecule has 0 bridgehead atoms. The zero-order valence-electron chi connectivity index (χ0n) is 11.1. The molecule has 0 aromatic heterocycles. The van der Waals surface area contributed by atoms with Crippen LogP contribution in [0.25, 0.3) is 0 Å². The quantitative estimate of drug-likeness (QED) is 0.634. The van der Waals surface area contributed by atoms with Crippen molar-refractivity contribution < 1.29 is 10.2 Å². The molecule has 0 amide bonds. The number of hydrogen-bond acceptors (Lipinski definition) is 4. The van der Waals surface area contributed by atoms with Crippen LogP contribution in [0.1, 0.15) is 5.56 Å². The molecule has 2 rings (SSSR count). The standard InChI is InChI=1S/C16H18N2O2/c19-15-7-3-1-5-13(15)11-17-9-10-18-12-14-6-2-4-8-16(14)20/h1-8,11-13,15,19-20H,9-10H2. The molecule has 2 unspecified atom stereocenters. The van der Waals surface area contributed by atoms with Crippen molar-refractivity contribution in [2.45, 2.75) is 6.10 Å². The van der Waals surface area contributed by atoms with E-state index in [0.29, 0.717) is 18.7 Å². The maximum Gasteiger partial charge on any atom is 0.124 e. The SMILES string of the molecule is Oc1ccccc1C=NCCN=CC1C=CC=CC1O. The Morgan fingerprint density at radius 1 is 1.05 bits per heavy atom. The second-order valence-electron chi connectivity index (χ2n) is 4.49. The molecule has 0 saturated carbocycles. The van der Waals surface area contributed by atoms with Crippen LogP contribution in [0.5, 0.6) is 5.75 Å². The van der Waals surface area contributed by atoms with Crippen molar-refractivity contribution >= 4 is 12.4 Å². The van der Waals surface area contributed by atoms with Gasteiger partial charge in [0, 0.05) is 23.9 Å². The highest BCUT2D eigenvalue weighted by atomic mass is 16.3. The van der Waals surface area contributed by atoms with Gasteiger partial charge in [-0.15, -0.1) is 0 Å². The summed E-state index contributed by atoms with van der Waals surface area (Å²) in [5.74, 6) is 0.171. The highest BCUT2D eigenvalue weighted by Crippen LogP contribution is 2.12. The van der Waals surface area contributed by atoms with E-state index in [4.69, 9.17) is 0 Å². The third-order valence-electron chi connectivity index (χ3n) is 2.95. The molecule has 0 spiro atoms. The first-order valence-electron chi connectivity index (χ1n) is 6.58. The van der Waals surface area contributed by atoms with Crippen molar-refractivity contribution in [1.82, 2.24) is 0 Å². The summed E-state index contributed by atoms with van der Waals surface area (Å²) in [5.41, 5.74) is 0.701. The molecular weight excluding hydrogens is 252 g/mol. The highest BCUT2D eigenvalue weighted by Gasteiger charge is 2.12. The van der Waals surface area contributed by atoms with Crippen molar-refractivity contribution in [2.75, 3.05) is 13.1 Å². The number of aromatic hydroxyl groups is 1. The van der Waals surface area contributed by atoms with Gasteiger partial charge in [0.15, 0.2) is 0 Å². The first kappa shape index (κ1) is 14.2. The molecule has 0 radical (unpaired) electrons. The van der Waals surface area contributed by atoms with Crippen LogP contribution in [-0.4, -0.2) is 41.8 Å². The van der Waals surface area contributed by atoms with E-state index in [1.54, 1.807) is 36.7 Å². The molecule has 1 aromatic carbocycles. The minimum atomic E-state index is -0.492. The monoisotopic (exact) mass is 270 g/mol. The summed E-state index contributed by atoms with van der Waals surface area (Å²) in [6.45, 7) is 1.11. The number of phenols is 1. The van der Waals surface area contributed by atoms with Crippen LogP contribution in [0.2, 0.25) is 0 Å². The maximum atomic E-state index is 9.66. The lowest BCUT2D eigenvalue weighted by atomic mass is 9.99. The molecule has 104 valence electrons. The molecule has 0 saturated heterocycles. The van der Waals surface area contributed by atoms with E-state index in [-0.39, 0.29) is 11.7 Å². The van der Waals surface area contributed by atoms with Crippen molar-refractivity contribution in [3.05, 3.63) is 54.1 Å². The second kappa shape index (κ2) is 7.40. The van der Waals surface area contributed by atoms with Gasteiger partial charge >= 0.3 is 0 Å². The third kappa shape index (κ3) is 4.17. The van der Waals surface area contributed by atoms with E-state index >= 15 is 0 Å². The van der Waals surface area contributed by atoms with Crippen LogP contribution in [-0.2, 0) is 0 Å². The highest BCUT2D eigenvalue weighted by molar-refractivity contribution is 5.83. The number of hydrogen-bond donors (Lipinski definition) is 2. The first-order valence-corrected chi connectivity index (χ1v) is 6.58. The van der Waals surface area contributed by atoms with Crippen LogP contribution in [0.3, 0.4) is 0 Å². The summed E-state index contributed by atoms with van der Waals surface area (Å²) in [4.78, 5) is 8.46. The summed E-state index contributed by atoms with van der Waals surface area (Å²) in [6.07, 6.45) is 10.3. The average Bonchev–Trinajstić information content (AvgIpc) is 2.46. The topological polar surface area (TPSA) is 65.2 Å². The number of aliphatic imine (C=N–C) groups is 2. The van der Waals surface area contributed by atoms with Gasteiger partial charge < -0.3 is 10.2 Å². The molecular formula is C16H18N2O2. The van der Waals surface area contributed by atoms with E-state index in [0.717, 1.165) is 0 Å². The van der Waals surface area contributed by atoms with Crippen molar-refractivity contribution in [2.24, 2.45) is 15.9 Å². The fourth-order valence-electron chi connectivity index (χ4n) is 1.82. The second-order valence-corrected chi connectivity index (χ2v) is 4.49. The van der Waals surface area contributed by atoms with E-state index in [9.17, 15) is 10.2 Å². The average molecular weight is 270 g/mol. The molecule has 1 aliphatic carbocycles. The molecule has 1 aromatic rings. The smallest absolute Gasteiger partial charge is 0.124 e. The molecule has 0 fully saturated rings. The number of rotatable bonds is 5.